The van der Waals surface area contributed by atoms with Crippen LogP contribution in [0.5, 0.6) is 0 Å². The molecule has 0 fully saturated rings. The summed E-state index contributed by atoms with van der Waals surface area (Å²) in [5, 5.41) is 0. The molecule has 0 aliphatic carbocycles. The van der Waals surface area contributed by atoms with Gasteiger partial charge < -0.3 is 0 Å². The van der Waals surface area contributed by atoms with Gasteiger partial charge in [-0.05, 0) is 0 Å². The normalized spacial score (nSPS) is 9.67. The van der Waals surface area contributed by atoms with Gasteiger partial charge in [0.1, 0.15) is 0 Å². The van der Waals surface area contributed by atoms with Crippen molar-refractivity contribution in [2.24, 2.45) is 0 Å². The first-order valence-electron chi connectivity index (χ1n) is 4.64. The highest BCUT2D eigenvalue weighted by atomic mass is 16.6. The Morgan fingerprint density at radius 2 is 1.87 bits per heavy atom. The van der Waals surface area contributed by atoms with Crippen LogP contribution in [0.15, 0.2) is 30.3 Å². The second-order valence-corrected chi connectivity index (χ2v) is 3.02. The molecule has 0 saturated carbocycles. The van der Waals surface area contributed by atoms with Crippen LogP contribution < -0.4 is 5.48 Å². The Hall–Kier alpha value is -1.68. The predicted molar refractivity (Wildman–Crippen MR) is 55.2 cm³/mol. The van der Waals surface area contributed by atoms with Crippen LogP contribution in [0.1, 0.15) is 23.2 Å². The fourth-order valence-corrected chi connectivity index (χ4v) is 1.16. The molecule has 1 aromatic rings. The van der Waals surface area contributed by atoms with Gasteiger partial charge in [0.2, 0.25) is 5.91 Å². The van der Waals surface area contributed by atoms with E-state index < -0.39 is 0 Å². The lowest BCUT2D eigenvalue weighted by atomic mass is 10.1. The van der Waals surface area contributed by atoms with E-state index in [1.165, 1.54) is 7.11 Å². The molecule has 0 saturated heterocycles. The summed E-state index contributed by atoms with van der Waals surface area (Å²) in [6.45, 7) is 0. The summed E-state index contributed by atoms with van der Waals surface area (Å²) in [7, 11) is 1.36. The molecule has 0 heterocycles. The topological polar surface area (TPSA) is 55.4 Å². The molecule has 0 aromatic heterocycles. The molecule has 0 radical (unpaired) electrons. The van der Waals surface area contributed by atoms with E-state index in [-0.39, 0.29) is 24.5 Å². The minimum atomic E-state index is -0.290. The smallest absolute Gasteiger partial charge is 0.243 e. The average Bonchev–Trinajstić information content (AvgIpc) is 2.27. The minimum absolute atomic E-state index is 0.0400. The van der Waals surface area contributed by atoms with Crippen LogP contribution in [0.25, 0.3) is 0 Å². The maximum absolute atomic E-state index is 11.5. The minimum Gasteiger partial charge on any atom is -0.294 e. The van der Waals surface area contributed by atoms with Crippen molar-refractivity contribution in [3.05, 3.63) is 35.9 Å². The Bertz CT molecular complexity index is 335. The number of nitrogens with one attached hydrogen (secondary N) is 1. The molecule has 15 heavy (non-hydrogen) atoms. The van der Waals surface area contributed by atoms with Crippen LogP contribution in [0.2, 0.25) is 0 Å². The van der Waals surface area contributed by atoms with Crippen molar-refractivity contribution in [2.45, 2.75) is 12.8 Å². The Kier molecular flexibility index (Phi) is 4.50. The van der Waals surface area contributed by atoms with Crippen molar-refractivity contribution < 1.29 is 14.4 Å². The van der Waals surface area contributed by atoms with E-state index in [1.54, 1.807) is 24.3 Å². The molecule has 4 nitrogen and oxygen atoms in total. The van der Waals surface area contributed by atoms with E-state index in [2.05, 4.69) is 10.3 Å². The zero-order valence-corrected chi connectivity index (χ0v) is 8.53. The van der Waals surface area contributed by atoms with Gasteiger partial charge in [-0.25, -0.2) is 5.48 Å². The van der Waals surface area contributed by atoms with Gasteiger partial charge in [0.05, 0.1) is 7.11 Å². The van der Waals surface area contributed by atoms with Crippen molar-refractivity contribution in [1.29, 1.82) is 0 Å². The molecule has 4 heteroatoms. The van der Waals surface area contributed by atoms with Crippen LogP contribution >= 0.6 is 0 Å². The summed E-state index contributed by atoms with van der Waals surface area (Å²) >= 11 is 0. The van der Waals surface area contributed by atoms with Crippen molar-refractivity contribution in [3.63, 3.8) is 0 Å². The molecule has 0 bridgehead atoms. The predicted octanol–water partition coefficient (Wildman–Crippen LogP) is 1.33. The van der Waals surface area contributed by atoms with Crippen molar-refractivity contribution in [3.8, 4) is 0 Å². The lowest BCUT2D eigenvalue weighted by Crippen LogP contribution is -2.22. The van der Waals surface area contributed by atoms with Crippen LogP contribution in [0.4, 0.5) is 0 Å². The fraction of sp³-hybridized carbons (Fsp3) is 0.273. The number of benzene rings is 1. The van der Waals surface area contributed by atoms with Crippen LogP contribution in [0.3, 0.4) is 0 Å². The summed E-state index contributed by atoms with van der Waals surface area (Å²) in [5.74, 6) is -0.330. The highest BCUT2D eigenvalue weighted by molar-refractivity contribution is 5.97. The van der Waals surface area contributed by atoms with Gasteiger partial charge in [-0.15, -0.1) is 0 Å². The number of ketones is 1. The second-order valence-electron chi connectivity index (χ2n) is 3.02. The molecule has 0 spiro atoms. The lowest BCUT2D eigenvalue weighted by molar-refractivity contribution is -0.131. The van der Waals surface area contributed by atoms with E-state index in [9.17, 15) is 9.59 Å². The summed E-state index contributed by atoms with van der Waals surface area (Å²) in [5.41, 5.74) is 2.79. The third-order valence-corrected chi connectivity index (χ3v) is 1.89. The van der Waals surface area contributed by atoms with E-state index in [1.807, 2.05) is 6.07 Å². The summed E-state index contributed by atoms with van der Waals surface area (Å²) < 4.78 is 0. The van der Waals surface area contributed by atoms with E-state index in [4.69, 9.17) is 0 Å². The maximum atomic E-state index is 11.5. The second kappa shape index (κ2) is 5.93. The Morgan fingerprint density at radius 1 is 1.20 bits per heavy atom. The number of Topliss-reactive ketones (excluding diaryl/α,β-unsaturated/α-hetero) is 1. The van der Waals surface area contributed by atoms with Crippen molar-refractivity contribution >= 4 is 11.7 Å². The molecule has 0 aliphatic rings. The summed E-state index contributed by atoms with van der Waals surface area (Å²) in [4.78, 5) is 27.0. The number of rotatable bonds is 5. The number of hydroxylamine groups is 1. The zero-order chi connectivity index (χ0) is 11.1. The largest absolute Gasteiger partial charge is 0.294 e. The Morgan fingerprint density at radius 3 is 2.47 bits per heavy atom. The van der Waals surface area contributed by atoms with Crippen LogP contribution in [-0.4, -0.2) is 18.8 Å². The monoisotopic (exact) mass is 207 g/mol. The fourth-order valence-electron chi connectivity index (χ4n) is 1.16. The molecule has 1 N–H and O–H groups in total. The molecule has 1 rings (SSSR count). The van der Waals surface area contributed by atoms with E-state index in [0.29, 0.717) is 5.56 Å². The molecule has 80 valence electrons. The number of hydrogen-bond acceptors (Lipinski definition) is 3. The Balaban J connectivity index is 2.40. The SMILES string of the molecule is CONC(=O)CCC(=O)c1ccccc1. The quantitative estimate of drug-likeness (QED) is 0.585. The van der Waals surface area contributed by atoms with Gasteiger partial charge in [0.15, 0.2) is 5.78 Å². The van der Waals surface area contributed by atoms with Gasteiger partial charge in [-0.3, -0.25) is 14.4 Å². The van der Waals surface area contributed by atoms with E-state index in [0.717, 1.165) is 0 Å². The number of carbonyl (C=O) groups is 2. The van der Waals surface area contributed by atoms with Gasteiger partial charge in [-0.1, -0.05) is 30.3 Å². The highest BCUT2D eigenvalue weighted by Gasteiger charge is 2.08. The molecule has 1 aromatic carbocycles. The third-order valence-electron chi connectivity index (χ3n) is 1.89. The first kappa shape index (κ1) is 11.4. The molecule has 0 atom stereocenters. The first-order chi connectivity index (χ1) is 7.24. The van der Waals surface area contributed by atoms with Crippen LogP contribution in [0, 0.1) is 0 Å². The molecule has 1 amide bonds. The van der Waals surface area contributed by atoms with Crippen molar-refractivity contribution in [2.75, 3.05) is 7.11 Å². The first-order valence-corrected chi connectivity index (χ1v) is 4.64. The Labute approximate surface area is 88.2 Å². The van der Waals surface area contributed by atoms with Gasteiger partial charge in [0, 0.05) is 18.4 Å². The molecular weight excluding hydrogens is 194 g/mol. The summed E-state index contributed by atoms with van der Waals surface area (Å²) in [6, 6.07) is 8.90. The van der Waals surface area contributed by atoms with Gasteiger partial charge in [-0.2, -0.15) is 0 Å². The molecular formula is C11H13NO3. The average molecular weight is 207 g/mol. The van der Waals surface area contributed by atoms with Gasteiger partial charge >= 0.3 is 0 Å². The van der Waals surface area contributed by atoms with Crippen molar-refractivity contribution in [1.82, 2.24) is 5.48 Å². The van der Waals surface area contributed by atoms with Gasteiger partial charge in [0.25, 0.3) is 0 Å². The number of carbonyl (C=O) groups excluding carboxylic acids is 2. The molecule has 0 unspecified atom stereocenters. The standard InChI is InChI=1S/C11H13NO3/c1-15-12-11(14)8-7-10(13)9-5-3-2-4-6-9/h2-6H,7-8H2,1H3,(H,12,14). The number of hydrogen-bond donors (Lipinski definition) is 1. The van der Waals surface area contributed by atoms with Crippen LogP contribution in [-0.2, 0) is 9.63 Å². The zero-order valence-electron chi connectivity index (χ0n) is 8.53. The van der Waals surface area contributed by atoms with E-state index >= 15 is 0 Å². The number of amides is 1. The highest BCUT2D eigenvalue weighted by Crippen LogP contribution is 2.04. The summed E-state index contributed by atoms with van der Waals surface area (Å²) in [6.07, 6.45) is 0.334. The third kappa shape index (κ3) is 3.91. The molecule has 0 aliphatic heterocycles. The lowest BCUT2D eigenvalue weighted by Gasteiger charge is -2.01. The maximum Gasteiger partial charge on any atom is 0.243 e.